The lowest BCUT2D eigenvalue weighted by atomic mass is 9.80. The molecule has 0 aliphatic heterocycles. The van der Waals surface area contributed by atoms with Crippen LogP contribution in [0.5, 0.6) is 0 Å². The van der Waals surface area contributed by atoms with E-state index in [0.717, 1.165) is 33.6 Å². The van der Waals surface area contributed by atoms with Crippen LogP contribution in [0.15, 0.2) is 84.9 Å². The highest BCUT2D eigenvalue weighted by atomic mass is 15.2. The van der Waals surface area contributed by atoms with Gasteiger partial charge in [-0.15, -0.1) is 0 Å². The lowest BCUT2D eigenvalue weighted by Gasteiger charge is -2.42. The number of fused-ring (bicyclic) bond motifs is 3. The van der Waals surface area contributed by atoms with Crippen molar-refractivity contribution < 1.29 is 2.74 Å². The second kappa shape index (κ2) is 9.45. The summed E-state index contributed by atoms with van der Waals surface area (Å²) in [6, 6.07) is 30.3. The van der Waals surface area contributed by atoms with Crippen LogP contribution in [0, 0.1) is 0 Å². The van der Waals surface area contributed by atoms with Crippen molar-refractivity contribution in [1.29, 1.82) is 0 Å². The zero-order valence-electron chi connectivity index (χ0n) is 26.5. The van der Waals surface area contributed by atoms with Gasteiger partial charge in [0, 0.05) is 25.1 Å². The third-order valence-corrected chi connectivity index (χ3v) is 8.03. The average molecular weight is 504 g/mol. The molecular weight excluding hydrogens is 458 g/mol. The Bertz CT molecular complexity index is 1560. The van der Waals surface area contributed by atoms with E-state index in [4.69, 9.17) is 0 Å². The molecule has 0 radical (unpaired) electrons. The van der Waals surface area contributed by atoms with Gasteiger partial charge in [0.1, 0.15) is 0 Å². The Morgan fingerprint density at radius 2 is 1.24 bits per heavy atom. The van der Waals surface area contributed by atoms with Crippen molar-refractivity contribution in [3.63, 3.8) is 0 Å². The molecule has 0 fully saturated rings. The Morgan fingerprint density at radius 1 is 0.632 bits per heavy atom. The molecule has 1 aliphatic rings. The van der Waals surface area contributed by atoms with E-state index < -0.39 is 11.8 Å². The van der Waals surface area contributed by atoms with Crippen LogP contribution in [0.25, 0.3) is 22.3 Å². The molecule has 0 spiro atoms. The van der Waals surface area contributed by atoms with Gasteiger partial charge < -0.3 is 4.90 Å². The van der Waals surface area contributed by atoms with Crippen molar-refractivity contribution in [2.24, 2.45) is 0 Å². The summed E-state index contributed by atoms with van der Waals surface area (Å²) in [5, 5.41) is 0. The molecule has 0 saturated heterocycles. The fraction of sp³-hybridized carbons (Fsp3) is 0.351. The number of benzene rings is 4. The minimum atomic E-state index is -0.828. The second-order valence-electron chi connectivity index (χ2n) is 12.7. The summed E-state index contributed by atoms with van der Waals surface area (Å²) in [6.07, 6.45) is 0. The van der Waals surface area contributed by atoms with Crippen LogP contribution in [-0.2, 0) is 5.41 Å². The molecule has 0 bridgehead atoms. The van der Waals surface area contributed by atoms with Gasteiger partial charge in [-0.05, 0) is 95.3 Å². The Labute approximate surface area is 233 Å². The van der Waals surface area contributed by atoms with E-state index >= 15 is 0 Å². The first-order chi connectivity index (χ1) is 18.5. The van der Waals surface area contributed by atoms with Gasteiger partial charge in [-0.25, -0.2) is 0 Å². The maximum absolute atomic E-state index is 9.29. The van der Waals surface area contributed by atoms with Crippen LogP contribution in [-0.4, -0.2) is 5.54 Å². The predicted molar refractivity (Wildman–Crippen MR) is 166 cm³/mol. The Morgan fingerprint density at radius 3 is 1.87 bits per heavy atom. The lowest BCUT2D eigenvalue weighted by molar-refractivity contribution is 0.554. The highest BCUT2D eigenvalue weighted by Gasteiger charge is 2.38. The Kier molecular flexibility index (Phi) is 5.91. The summed E-state index contributed by atoms with van der Waals surface area (Å²) in [5.41, 5.74) is 11.0. The van der Waals surface area contributed by atoms with E-state index in [1.54, 1.807) is 0 Å². The fourth-order valence-electron chi connectivity index (χ4n) is 6.12. The predicted octanol–water partition coefficient (Wildman–Crippen LogP) is 10.8. The standard InChI is InChI=1S/C37H43N/c1-24(2)29-21-27(26-15-11-10-12-16-26)19-20-34(29)38(36(5,6)7)35-23-31-28-17-13-14-18-32(28)37(8,9)33(31)22-30(35)25(3)4/h10-25H,1-9H3/i24D,25D. The van der Waals surface area contributed by atoms with Gasteiger partial charge >= 0.3 is 0 Å². The topological polar surface area (TPSA) is 3.24 Å². The van der Waals surface area contributed by atoms with Gasteiger partial charge in [0.2, 0.25) is 0 Å². The van der Waals surface area contributed by atoms with E-state index in [9.17, 15) is 2.74 Å². The van der Waals surface area contributed by atoms with Crippen LogP contribution in [0.2, 0.25) is 0 Å². The number of rotatable bonds is 5. The van der Waals surface area contributed by atoms with Crippen LogP contribution in [0.4, 0.5) is 11.4 Å². The SMILES string of the molecule is [2H]C(C)(C)c1cc(-c2ccccc2)ccc1N(c1cc2c(cc1C([2H])(C)C)C(C)(C)c1ccccc1-2)C(C)(C)C. The zero-order valence-corrected chi connectivity index (χ0v) is 24.5. The van der Waals surface area contributed by atoms with E-state index in [1.807, 2.05) is 33.8 Å². The van der Waals surface area contributed by atoms with Crippen molar-refractivity contribution in [3.05, 3.63) is 107 Å². The number of hydrogen-bond donors (Lipinski definition) is 0. The monoisotopic (exact) mass is 503 g/mol. The number of anilines is 2. The van der Waals surface area contributed by atoms with E-state index in [-0.39, 0.29) is 11.0 Å². The molecule has 38 heavy (non-hydrogen) atoms. The van der Waals surface area contributed by atoms with Crippen molar-refractivity contribution in [3.8, 4) is 22.3 Å². The largest absolute Gasteiger partial charge is 0.336 e. The van der Waals surface area contributed by atoms with E-state index in [2.05, 4.69) is 118 Å². The highest BCUT2D eigenvalue weighted by molar-refractivity contribution is 5.86. The molecule has 196 valence electrons. The minimum absolute atomic E-state index is 0.136. The number of nitrogens with zero attached hydrogens (tertiary/aromatic N) is 1. The Balaban J connectivity index is 1.83. The van der Waals surface area contributed by atoms with Gasteiger partial charge in [-0.1, -0.05) is 108 Å². The first-order valence-electron chi connectivity index (χ1n) is 14.8. The zero-order chi connectivity index (χ0) is 29.3. The normalized spacial score (nSPS) is 15.4. The van der Waals surface area contributed by atoms with Crippen molar-refractivity contribution in [2.45, 2.75) is 85.1 Å². The quantitative estimate of drug-likeness (QED) is 0.262. The molecule has 0 N–H and O–H groups in total. The average Bonchev–Trinajstić information content (AvgIpc) is 3.09. The van der Waals surface area contributed by atoms with E-state index in [1.165, 1.54) is 22.3 Å². The molecule has 4 aromatic carbocycles. The molecule has 0 aromatic heterocycles. The number of hydrogen-bond acceptors (Lipinski definition) is 1. The molecule has 0 amide bonds. The van der Waals surface area contributed by atoms with Crippen molar-refractivity contribution in [2.75, 3.05) is 4.90 Å². The Hall–Kier alpha value is -3.32. The molecule has 0 saturated carbocycles. The first kappa shape index (κ1) is 23.8. The summed E-state index contributed by atoms with van der Waals surface area (Å²) >= 11 is 0. The van der Waals surface area contributed by atoms with Crippen LogP contribution in [0.1, 0.15) is 99.1 Å². The van der Waals surface area contributed by atoms with Gasteiger partial charge in [0.25, 0.3) is 0 Å². The molecule has 4 aromatic rings. The molecule has 5 rings (SSSR count). The minimum Gasteiger partial charge on any atom is -0.336 e. The maximum Gasteiger partial charge on any atom is 0.0457 e. The molecule has 0 heterocycles. The van der Waals surface area contributed by atoms with Crippen LogP contribution < -0.4 is 4.90 Å². The maximum atomic E-state index is 9.29. The summed E-state index contributed by atoms with van der Waals surface area (Å²) in [5.74, 6) is -1.65. The molecule has 1 heteroatoms. The summed E-state index contributed by atoms with van der Waals surface area (Å²) in [7, 11) is 0. The third-order valence-electron chi connectivity index (χ3n) is 8.03. The van der Waals surface area contributed by atoms with E-state index in [0.29, 0.717) is 0 Å². The van der Waals surface area contributed by atoms with Crippen LogP contribution in [0.3, 0.4) is 0 Å². The second-order valence-corrected chi connectivity index (χ2v) is 12.7. The summed E-state index contributed by atoms with van der Waals surface area (Å²) < 4.78 is 18.5. The smallest absolute Gasteiger partial charge is 0.0457 e. The molecular formula is C37H43N. The fourth-order valence-corrected chi connectivity index (χ4v) is 6.12. The van der Waals surface area contributed by atoms with Gasteiger partial charge in [0.05, 0.1) is 0 Å². The van der Waals surface area contributed by atoms with Crippen molar-refractivity contribution >= 4 is 11.4 Å². The lowest BCUT2D eigenvalue weighted by Crippen LogP contribution is -2.39. The van der Waals surface area contributed by atoms with Gasteiger partial charge in [0.15, 0.2) is 0 Å². The molecule has 0 atom stereocenters. The van der Waals surface area contributed by atoms with Crippen molar-refractivity contribution in [1.82, 2.24) is 0 Å². The van der Waals surface area contributed by atoms with Gasteiger partial charge in [-0.3, -0.25) is 0 Å². The highest BCUT2D eigenvalue weighted by Crippen LogP contribution is 2.53. The van der Waals surface area contributed by atoms with Gasteiger partial charge in [-0.2, -0.15) is 0 Å². The molecule has 0 unspecified atom stereocenters. The molecule has 1 aliphatic carbocycles. The summed E-state index contributed by atoms with van der Waals surface area (Å²) in [4.78, 5) is 2.38. The first-order valence-corrected chi connectivity index (χ1v) is 13.8. The van der Waals surface area contributed by atoms with Crippen LogP contribution >= 0.6 is 0 Å². The third kappa shape index (κ3) is 4.37. The summed E-state index contributed by atoms with van der Waals surface area (Å²) in [6.45, 7) is 19.2. The molecule has 1 nitrogen and oxygen atoms in total.